The van der Waals surface area contributed by atoms with E-state index in [1.807, 2.05) is 12.1 Å². The SMILES string of the molecule is C#CCN(C)S(=O)(=O)c1ccccc1CNCCC. The summed E-state index contributed by atoms with van der Waals surface area (Å²) in [6, 6.07) is 6.99. The van der Waals surface area contributed by atoms with Crippen LogP contribution < -0.4 is 5.32 Å². The minimum atomic E-state index is -3.52. The van der Waals surface area contributed by atoms with E-state index in [0.717, 1.165) is 18.5 Å². The van der Waals surface area contributed by atoms with Crippen molar-refractivity contribution in [1.82, 2.24) is 9.62 Å². The lowest BCUT2D eigenvalue weighted by Crippen LogP contribution is -2.28. The minimum Gasteiger partial charge on any atom is -0.313 e. The fourth-order valence-electron chi connectivity index (χ4n) is 1.68. The second-order valence-electron chi connectivity index (χ2n) is 4.25. The summed E-state index contributed by atoms with van der Waals surface area (Å²) in [6.07, 6.45) is 6.18. The Bertz CT molecular complexity index is 547. The lowest BCUT2D eigenvalue weighted by Gasteiger charge is -2.17. The zero-order valence-corrected chi connectivity index (χ0v) is 12.2. The molecular formula is C14H20N2O2S. The number of rotatable bonds is 7. The Hall–Kier alpha value is -1.35. The molecule has 1 rings (SSSR count). The largest absolute Gasteiger partial charge is 0.313 e. The summed E-state index contributed by atoms with van der Waals surface area (Å²) in [6.45, 7) is 3.52. The highest BCUT2D eigenvalue weighted by Crippen LogP contribution is 2.18. The molecule has 104 valence electrons. The van der Waals surface area contributed by atoms with Crippen LogP contribution >= 0.6 is 0 Å². The van der Waals surface area contributed by atoms with Crippen LogP contribution in [-0.2, 0) is 16.6 Å². The highest BCUT2D eigenvalue weighted by molar-refractivity contribution is 7.89. The van der Waals surface area contributed by atoms with Gasteiger partial charge in [0.05, 0.1) is 11.4 Å². The molecule has 0 aliphatic carbocycles. The summed E-state index contributed by atoms with van der Waals surface area (Å²) >= 11 is 0. The molecule has 1 N–H and O–H groups in total. The number of nitrogens with zero attached hydrogens (tertiary/aromatic N) is 1. The van der Waals surface area contributed by atoms with E-state index < -0.39 is 10.0 Å². The van der Waals surface area contributed by atoms with Crippen LogP contribution in [0.3, 0.4) is 0 Å². The summed E-state index contributed by atoms with van der Waals surface area (Å²) in [5, 5.41) is 3.21. The molecular weight excluding hydrogens is 260 g/mol. The Morgan fingerprint density at radius 3 is 2.68 bits per heavy atom. The lowest BCUT2D eigenvalue weighted by atomic mass is 10.2. The van der Waals surface area contributed by atoms with E-state index in [0.29, 0.717) is 11.4 Å². The third-order valence-corrected chi connectivity index (χ3v) is 4.62. The number of nitrogens with one attached hydrogen (secondary N) is 1. The van der Waals surface area contributed by atoms with Gasteiger partial charge >= 0.3 is 0 Å². The molecule has 0 saturated carbocycles. The zero-order valence-electron chi connectivity index (χ0n) is 11.4. The maximum atomic E-state index is 12.4. The second kappa shape index (κ2) is 7.29. The van der Waals surface area contributed by atoms with Crippen LogP contribution in [0.4, 0.5) is 0 Å². The van der Waals surface area contributed by atoms with Gasteiger partial charge in [-0.15, -0.1) is 6.42 Å². The molecule has 1 aromatic carbocycles. The predicted molar refractivity (Wildman–Crippen MR) is 77.1 cm³/mol. The summed E-state index contributed by atoms with van der Waals surface area (Å²) < 4.78 is 25.9. The van der Waals surface area contributed by atoms with E-state index in [4.69, 9.17) is 6.42 Å². The lowest BCUT2D eigenvalue weighted by molar-refractivity contribution is 0.501. The van der Waals surface area contributed by atoms with Gasteiger partial charge in [0.1, 0.15) is 0 Å². The fraction of sp³-hybridized carbons (Fsp3) is 0.429. The van der Waals surface area contributed by atoms with Crippen LogP contribution in [0.2, 0.25) is 0 Å². The predicted octanol–water partition coefficient (Wildman–Crippen LogP) is 1.44. The maximum absolute atomic E-state index is 12.4. The highest BCUT2D eigenvalue weighted by atomic mass is 32.2. The quantitative estimate of drug-likeness (QED) is 0.607. The molecule has 0 spiro atoms. The van der Waals surface area contributed by atoms with Crippen molar-refractivity contribution in [3.05, 3.63) is 29.8 Å². The molecule has 0 aromatic heterocycles. The average molecular weight is 280 g/mol. The molecule has 0 fully saturated rings. The summed E-state index contributed by atoms with van der Waals surface area (Å²) in [4.78, 5) is 0.316. The van der Waals surface area contributed by atoms with Gasteiger partial charge in [0.2, 0.25) is 10.0 Å². The van der Waals surface area contributed by atoms with E-state index >= 15 is 0 Å². The molecule has 5 heteroatoms. The van der Waals surface area contributed by atoms with Crippen molar-refractivity contribution >= 4 is 10.0 Å². The number of benzene rings is 1. The van der Waals surface area contributed by atoms with Crippen LogP contribution in [0.5, 0.6) is 0 Å². The Kier molecular flexibility index (Phi) is 6.03. The van der Waals surface area contributed by atoms with E-state index in [2.05, 4.69) is 18.2 Å². The molecule has 0 amide bonds. The van der Waals surface area contributed by atoms with Crippen molar-refractivity contribution < 1.29 is 8.42 Å². The maximum Gasteiger partial charge on any atom is 0.244 e. The fourth-order valence-corrected chi connectivity index (χ4v) is 2.99. The minimum absolute atomic E-state index is 0.0685. The first-order chi connectivity index (χ1) is 9.04. The molecule has 0 heterocycles. The van der Waals surface area contributed by atoms with Gasteiger partial charge < -0.3 is 5.32 Å². The molecule has 0 atom stereocenters. The van der Waals surface area contributed by atoms with Gasteiger partial charge in [0.25, 0.3) is 0 Å². The second-order valence-corrected chi connectivity index (χ2v) is 6.26. The van der Waals surface area contributed by atoms with E-state index in [-0.39, 0.29) is 6.54 Å². The highest BCUT2D eigenvalue weighted by Gasteiger charge is 2.22. The van der Waals surface area contributed by atoms with Crippen molar-refractivity contribution in [2.45, 2.75) is 24.8 Å². The number of sulfonamides is 1. The van der Waals surface area contributed by atoms with Gasteiger partial charge in [0.15, 0.2) is 0 Å². The third kappa shape index (κ3) is 4.06. The Morgan fingerprint density at radius 1 is 1.37 bits per heavy atom. The molecule has 19 heavy (non-hydrogen) atoms. The molecule has 0 bridgehead atoms. The molecule has 1 aromatic rings. The average Bonchev–Trinajstić information content (AvgIpc) is 2.40. The zero-order chi connectivity index (χ0) is 14.3. The van der Waals surface area contributed by atoms with Gasteiger partial charge in [-0.3, -0.25) is 0 Å². The van der Waals surface area contributed by atoms with Crippen LogP contribution in [0.25, 0.3) is 0 Å². The van der Waals surface area contributed by atoms with E-state index in [1.165, 1.54) is 11.4 Å². The monoisotopic (exact) mass is 280 g/mol. The molecule has 0 unspecified atom stereocenters. The smallest absolute Gasteiger partial charge is 0.244 e. The van der Waals surface area contributed by atoms with Gasteiger partial charge in [-0.2, -0.15) is 4.31 Å². The van der Waals surface area contributed by atoms with Gasteiger partial charge in [-0.1, -0.05) is 31.0 Å². The van der Waals surface area contributed by atoms with Crippen molar-refractivity contribution in [1.29, 1.82) is 0 Å². The molecule has 0 aliphatic heterocycles. The Labute approximate surface area is 115 Å². The van der Waals surface area contributed by atoms with Crippen molar-refractivity contribution in [2.24, 2.45) is 0 Å². The van der Waals surface area contributed by atoms with Crippen molar-refractivity contribution in [2.75, 3.05) is 20.1 Å². The van der Waals surface area contributed by atoms with E-state index in [9.17, 15) is 8.42 Å². The first-order valence-electron chi connectivity index (χ1n) is 6.22. The standard InChI is InChI=1S/C14H20N2O2S/c1-4-10-15-12-13-8-6-7-9-14(13)19(17,18)16(3)11-5-2/h2,6-9,15H,4,10-12H2,1,3H3. The van der Waals surface area contributed by atoms with Crippen LogP contribution in [0.15, 0.2) is 29.2 Å². The number of hydrogen-bond acceptors (Lipinski definition) is 3. The van der Waals surface area contributed by atoms with Gasteiger partial charge in [-0.05, 0) is 24.6 Å². The first kappa shape index (κ1) is 15.7. The van der Waals surface area contributed by atoms with Crippen LogP contribution in [-0.4, -0.2) is 32.9 Å². The van der Waals surface area contributed by atoms with Crippen molar-refractivity contribution in [3.63, 3.8) is 0 Å². The summed E-state index contributed by atoms with van der Waals surface area (Å²) in [5.41, 5.74) is 0.764. The normalized spacial score (nSPS) is 11.5. The van der Waals surface area contributed by atoms with Gasteiger partial charge in [-0.25, -0.2) is 8.42 Å². The van der Waals surface area contributed by atoms with Crippen LogP contribution in [0, 0.1) is 12.3 Å². The topological polar surface area (TPSA) is 49.4 Å². The molecule has 0 saturated heterocycles. The number of terminal acetylenes is 1. The summed E-state index contributed by atoms with van der Waals surface area (Å²) in [7, 11) is -2.03. The van der Waals surface area contributed by atoms with Gasteiger partial charge in [0, 0.05) is 13.6 Å². The Morgan fingerprint density at radius 2 is 2.05 bits per heavy atom. The third-order valence-electron chi connectivity index (χ3n) is 2.72. The van der Waals surface area contributed by atoms with E-state index in [1.54, 1.807) is 12.1 Å². The van der Waals surface area contributed by atoms with Crippen molar-refractivity contribution in [3.8, 4) is 12.3 Å². The first-order valence-corrected chi connectivity index (χ1v) is 7.66. The summed E-state index contributed by atoms with van der Waals surface area (Å²) in [5.74, 6) is 2.35. The molecule has 0 aliphatic rings. The Balaban J connectivity index is 3.03. The molecule has 0 radical (unpaired) electrons. The number of hydrogen-bond donors (Lipinski definition) is 1. The van der Waals surface area contributed by atoms with Crippen LogP contribution in [0.1, 0.15) is 18.9 Å². The molecule has 4 nitrogen and oxygen atoms in total.